The monoisotopic (exact) mass is 439 g/mol. The van der Waals surface area contributed by atoms with Gasteiger partial charge in [-0.05, 0) is 74.3 Å². The minimum atomic E-state index is -0.272. The first-order chi connectivity index (χ1) is 14.9. The number of benzene rings is 2. The first-order valence-corrected chi connectivity index (χ1v) is 10.8. The predicted octanol–water partition coefficient (Wildman–Crippen LogP) is 4.97. The molecular weight excluding hydrogens is 417 g/mol. The van der Waals surface area contributed by atoms with E-state index in [1.165, 1.54) is 11.6 Å². The Labute approximate surface area is 185 Å². The molecule has 1 fully saturated rings. The first-order valence-electron chi connectivity index (χ1n) is 10.5. The number of anilines is 1. The van der Waals surface area contributed by atoms with Crippen LogP contribution in [0, 0.1) is 12.7 Å². The SMILES string of the molecule is Cc1cc(C(=O)N2CC3(CCN(Cc4cccc(Cl)c4)CC3)c3cc(F)ccc32)no1. The molecule has 5 nitrogen and oxygen atoms in total. The van der Waals surface area contributed by atoms with Crippen molar-refractivity contribution in [1.29, 1.82) is 0 Å². The lowest BCUT2D eigenvalue weighted by molar-refractivity contribution is 0.0967. The standard InChI is InChI=1S/C24H23ClFN3O2/c1-16-11-21(27-31-16)23(30)29-15-24(20-13-19(26)5-6-22(20)29)7-9-28(10-8-24)14-17-3-2-4-18(25)12-17/h2-6,11-13H,7-10,14-15H2,1H3. The zero-order valence-electron chi connectivity index (χ0n) is 17.3. The van der Waals surface area contributed by atoms with Crippen molar-refractivity contribution in [2.75, 3.05) is 24.5 Å². The van der Waals surface area contributed by atoms with Crippen molar-refractivity contribution in [3.05, 3.63) is 82.0 Å². The van der Waals surface area contributed by atoms with Crippen molar-refractivity contribution in [3.63, 3.8) is 0 Å². The first kappa shape index (κ1) is 20.2. The van der Waals surface area contributed by atoms with Crippen LogP contribution >= 0.6 is 11.6 Å². The van der Waals surface area contributed by atoms with E-state index >= 15 is 0 Å². The zero-order chi connectivity index (χ0) is 21.6. The van der Waals surface area contributed by atoms with Crippen LogP contribution in [0.1, 0.15) is 40.2 Å². The topological polar surface area (TPSA) is 49.6 Å². The second-order valence-corrected chi connectivity index (χ2v) is 9.00. The molecule has 0 atom stereocenters. The van der Waals surface area contributed by atoms with Gasteiger partial charge >= 0.3 is 0 Å². The van der Waals surface area contributed by atoms with Crippen LogP contribution in [0.3, 0.4) is 0 Å². The predicted molar refractivity (Wildman–Crippen MR) is 117 cm³/mol. The third-order valence-corrected chi connectivity index (χ3v) is 6.72. The van der Waals surface area contributed by atoms with Gasteiger partial charge in [0.25, 0.3) is 5.91 Å². The highest BCUT2D eigenvalue weighted by Crippen LogP contribution is 2.47. The molecule has 0 saturated carbocycles. The molecular formula is C24H23ClFN3O2. The fourth-order valence-electron chi connectivity index (χ4n) is 4.89. The van der Waals surface area contributed by atoms with E-state index in [0.717, 1.165) is 48.7 Å². The van der Waals surface area contributed by atoms with Crippen molar-refractivity contribution in [3.8, 4) is 0 Å². The van der Waals surface area contributed by atoms with Crippen LogP contribution < -0.4 is 4.90 Å². The van der Waals surface area contributed by atoms with Crippen LogP contribution in [-0.2, 0) is 12.0 Å². The number of hydrogen-bond acceptors (Lipinski definition) is 4. The summed E-state index contributed by atoms with van der Waals surface area (Å²) in [5.74, 6) is 0.111. The summed E-state index contributed by atoms with van der Waals surface area (Å²) in [7, 11) is 0. The molecule has 31 heavy (non-hydrogen) atoms. The van der Waals surface area contributed by atoms with E-state index < -0.39 is 0 Å². The van der Waals surface area contributed by atoms with Crippen molar-refractivity contribution in [1.82, 2.24) is 10.1 Å². The number of carbonyl (C=O) groups excluding carboxylic acids is 1. The van der Waals surface area contributed by atoms with Gasteiger partial charge in [-0.1, -0.05) is 28.9 Å². The summed E-state index contributed by atoms with van der Waals surface area (Å²) in [6.45, 7) is 4.85. The number of nitrogens with zero attached hydrogens (tertiary/aromatic N) is 3. The molecule has 1 saturated heterocycles. The number of piperidine rings is 1. The normalized spacial score (nSPS) is 17.8. The summed E-state index contributed by atoms with van der Waals surface area (Å²) >= 11 is 6.13. The van der Waals surface area contributed by atoms with Gasteiger partial charge in [0.15, 0.2) is 5.69 Å². The second-order valence-electron chi connectivity index (χ2n) is 8.56. The number of amides is 1. The molecule has 0 radical (unpaired) electrons. The van der Waals surface area contributed by atoms with E-state index in [1.807, 2.05) is 18.2 Å². The van der Waals surface area contributed by atoms with Crippen molar-refractivity contribution >= 4 is 23.2 Å². The number of aryl methyl sites for hydroxylation is 1. The highest BCUT2D eigenvalue weighted by molar-refractivity contribution is 6.30. The minimum Gasteiger partial charge on any atom is -0.361 e. The van der Waals surface area contributed by atoms with Gasteiger partial charge in [-0.2, -0.15) is 0 Å². The molecule has 2 aliphatic rings. The third kappa shape index (κ3) is 3.75. The lowest BCUT2D eigenvalue weighted by Gasteiger charge is -2.40. The molecule has 7 heteroatoms. The number of carbonyl (C=O) groups is 1. The van der Waals surface area contributed by atoms with E-state index in [0.29, 0.717) is 12.3 Å². The molecule has 5 rings (SSSR count). The van der Waals surface area contributed by atoms with Gasteiger partial charge in [0.2, 0.25) is 0 Å². The quantitative estimate of drug-likeness (QED) is 0.578. The average Bonchev–Trinajstić information content (AvgIpc) is 3.31. The Morgan fingerprint density at radius 1 is 1.19 bits per heavy atom. The van der Waals surface area contributed by atoms with Crippen LogP contribution in [0.5, 0.6) is 0 Å². The van der Waals surface area contributed by atoms with Gasteiger partial charge in [0, 0.05) is 35.3 Å². The van der Waals surface area contributed by atoms with E-state index in [-0.39, 0.29) is 22.8 Å². The Bertz CT molecular complexity index is 1140. The molecule has 0 unspecified atom stereocenters. The van der Waals surface area contributed by atoms with Crippen LogP contribution in [0.15, 0.2) is 53.1 Å². The molecule has 3 heterocycles. The third-order valence-electron chi connectivity index (χ3n) is 6.48. The Kier molecular flexibility index (Phi) is 5.07. The summed E-state index contributed by atoms with van der Waals surface area (Å²) < 4.78 is 19.3. The van der Waals surface area contributed by atoms with Crippen LogP contribution in [-0.4, -0.2) is 35.6 Å². The van der Waals surface area contributed by atoms with Gasteiger partial charge in [0.1, 0.15) is 11.6 Å². The largest absolute Gasteiger partial charge is 0.361 e. The van der Waals surface area contributed by atoms with Gasteiger partial charge in [-0.15, -0.1) is 0 Å². The summed E-state index contributed by atoms with van der Waals surface area (Å²) in [6, 6.07) is 14.3. The Hall–Kier alpha value is -2.70. The average molecular weight is 440 g/mol. The maximum Gasteiger partial charge on any atom is 0.280 e. The van der Waals surface area contributed by atoms with E-state index in [9.17, 15) is 9.18 Å². The lowest BCUT2D eigenvalue weighted by Crippen LogP contribution is -2.45. The van der Waals surface area contributed by atoms with Gasteiger partial charge < -0.3 is 9.42 Å². The maximum atomic E-state index is 14.2. The Morgan fingerprint density at radius 3 is 2.71 bits per heavy atom. The molecule has 0 aliphatic carbocycles. The number of aromatic nitrogens is 1. The van der Waals surface area contributed by atoms with Crippen LogP contribution in [0.25, 0.3) is 0 Å². The number of likely N-dealkylation sites (tertiary alicyclic amines) is 1. The summed E-state index contributed by atoms with van der Waals surface area (Å²) in [5, 5.41) is 4.63. The van der Waals surface area contributed by atoms with E-state index in [1.54, 1.807) is 30.0 Å². The zero-order valence-corrected chi connectivity index (χ0v) is 18.0. The summed E-state index contributed by atoms with van der Waals surface area (Å²) in [6.07, 6.45) is 1.71. The highest BCUT2D eigenvalue weighted by atomic mass is 35.5. The van der Waals surface area contributed by atoms with Crippen LogP contribution in [0.4, 0.5) is 10.1 Å². The maximum absolute atomic E-state index is 14.2. The molecule has 2 aromatic carbocycles. The number of hydrogen-bond donors (Lipinski definition) is 0. The minimum absolute atomic E-state index is 0.206. The van der Waals surface area contributed by atoms with Crippen molar-refractivity contribution < 1.29 is 13.7 Å². The molecule has 1 spiro atoms. The summed E-state index contributed by atoms with van der Waals surface area (Å²) in [4.78, 5) is 17.3. The van der Waals surface area contributed by atoms with Gasteiger partial charge in [0.05, 0.1) is 0 Å². The molecule has 2 aliphatic heterocycles. The Balaban J connectivity index is 1.38. The number of rotatable bonds is 3. The lowest BCUT2D eigenvalue weighted by atomic mass is 9.74. The molecule has 0 bridgehead atoms. The molecule has 1 amide bonds. The number of fused-ring (bicyclic) bond motifs is 2. The molecule has 3 aromatic rings. The molecule has 0 N–H and O–H groups in total. The summed E-state index contributed by atoms with van der Waals surface area (Å²) in [5.41, 5.74) is 2.90. The molecule has 1 aromatic heterocycles. The van der Waals surface area contributed by atoms with E-state index in [4.69, 9.17) is 16.1 Å². The van der Waals surface area contributed by atoms with Gasteiger partial charge in [-0.25, -0.2) is 4.39 Å². The van der Waals surface area contributed by atoms with E-state index in [2.05, 4.69) is 16.1 Å². The fraction of sp³-hybridized carbons (Fsp3) is 0.333. The number of halogens is 2. The van der Waals surface area contributed by atoms with Crippen molar-refractivity contribution in [2.45, 2.75) is 31.7 Å². The highest BCUT2D eigenvalue weighted by Gasteiger charge is 2.47. The molecule has 160 valence electrons. The van der Waals surface area contributed by atoms with Crippen LogP contribution in [0.2, 0.25) is 5.02 Å². The Morgan fingerprint density at radius 2 is 2.00 bits per heavy atom. The van der Waals surface area contributed by atoms with Gasteiger partial charge in [-0.3, -0.25) is 9.69 Å². The fourth-order valence-corrected chi connectivity index (χ4v) is 5.10. The van der Waals surface area contributed by atoms with Crippen molar-refractivity contribution in [2.24, 2.45) is 0 Å². The smallest absolute Gasteiger partial charge is 0.280 e. The second kappa shape index (κ2) is 7.77.